The third kappa shape index (κ3) is 4.65. The normalized spacial score (nSPS) is 18.1. The van der Waals surface area contributed by atoms with E-state index >= 15 is 0 Å². The lowest BCUT2D eigenvalue weighted by Crippen LogP contribution is -2.20. The van der Waals surface area contributed by atoms with Gasteiger partial charge in [0.25, 0.3) is 0 Å². The molecule has 0 aliphatic rings. The predicted octanol–water partition coefficient (Wildman–Crippen LogP) is 2.57. The zero-order valence-electron chi connectivity index (χ0n) is 8.63. The van der Waals surface area contributed by atoms with Crippen molar-refractivity contribution in [1.82, 2.24) is 0 Å². The van der Waals surface area contributed by atoms with Crippen LogP contribution in [0.25, 0.3) is 0 Å². The van der Waals surface area contributed by atoms with Crippen molar-refractivity contribution in [2.24, 2.45) is 10.3 Å². The minimum absolute atomic E-state index is 0.232. The van der Waals surface area contributed by atoms with Crippen LogP contribution in [-0.2, 0) is 11.0 Å². The highest BCUT2D eigenvalue weighted by Crippen LogP contribution is 2.12. The summed E-state index contributed by atoms with van der Waals surface area (Å²) < 4.78 is 15.2. The Labute approximate surface area is 78.1 Å². The second-order valence-corrected chi connectivity index (χ2v) is 5.94. The van der Waals surface area contributed by atoms with Crippen LogP contribution in [0.3, 0.4) is 0 Å². The van der Waals surface area contributed by atoms with Crippen LogP contribution in [0.1, 0.15) is 41.0 Å². The maximum Gasteiger partial charge on any atom is 0.144 e. The van der Waals surface area contributed by atoms with Crippen molar-refractivity contribution < 1.29 is 4.21 Å². The van der Waals surface area contributed by atoms with E-state index in [2.05, 4.69) is 18.2 Å². The van der Waals surface area contributed by atoms with Crippen molar-refractivity contribution in [3.05, 3.63) is 0 Å². The summed E-state index contributed by atoms with van der Waals surface area (Å²) in [5.74, 6) is 0.427. The largest absolute Gasteiger partial charge is 0.234 e. The molecule has 0 heterocycles. The molecule has 0 aromatic rings. The average Bonchev–Trinajstić information content (AvgIpc) is 1.97. The second kappa shape index (κ2) is 4.75. The molecule has 0 saturated carbocycles. The Hall–Kier alpha value is -0.180. The Kier molecular flexibility index (Phi) is 4.68. The number of nitrogens with zero attached hydrogens (tertiary/aromatic N) is 1. The molecule has 0 unspecified atom stereocenters. The van der Waals surface area contributed by atoms with E-state index in [1.807, 2.05) is 20.8 Å². The van der Waals surface area contributed by atoms with E-state index < -0.39 is 11.0 Å². The van der Waals surface area contributed by atoms with Crippen LogP contribution in [0.4, 0.5) is 0 Å². The molecular formula is C9H19NOS. The first-order valence-electron chi connectivity index (χ1n) is 4.34. The molecule has 0 aliphatic heterocycles. The molecule has 0 aromatic heterocycles. The van der Waals surface area contributed by atoms with Gasteiger partial charge in [-0.3, -0.25) is 0 Å². The minimum Gasteiger partial charge on any atom is -0.234 e. The number of hydrogen-bond acceptors (Lipinski definition) is 1. The molecular weight excluding hydrogens is 170 g/mol. The first-order chi connectivity index (χ1) is 5.38. The fourth-order valence-electron chi connectivity index (χ4n) is 0.423. The summed E-state index contributed by atoms with van der Waals surface area (Å²) in [7, 11) is -1.09. The van der Waals surface area contributed by atoms with Gasteiger partial charge >= 0.3 is 0 Å². The fraction of sp³-hybridized carbons (Fsp3) is 0.889. The fourth-order valence-corrected chi connectivity index (χ4v) is 1.06. The zero-order valence-corrected chi connectivity index (χ0v) is 9.44. The smallest absolute Gasteiger partial charge is 0.144 e. The molecule has 0 aromatic carbocycles. The molecule has 3 heteroatoms. The third-order valence-corrected chi connectivity index (χ3v) is 2.94. The zero-order chi connectivity index (χ0) is 9.78. The van der Waals surface area contributed by atoms with Gasteiger partial charge < -0.3 is 0 Å². The number of rotatable bonds is 3. The maximum atomic E-state index is 11.4. The summed E-state index contributed by atoms with van der Waals surface area (Å²) in [6.45, 7) is 9.95. The lowest BCUT2D eigenvalue weighted by atomic mass is 10.1. The molecule has 2 atom stereocenters. The standard InChI is InChI=1S/C9H19NOS/c1-6-8(2)7-10-12(11)9(3,4)5/h7-8H,6H2,1-5H3/t8-,12-/m1/s1. The number of hydrogen-bond donors (Lipinski definition) is 0. The maximum absolute atomic E-state index is 11.4. The monoisotopic (exact) mass is 189 g/mol. The summed E-state index contributed by atoms with van der Waals surface area (Å²) in [5.41, 5.74) is 0. The molecule has 0 spiro atoms. The van der Waals surface area contributed by atoms with Crippen molar-refractivity contribution in [3.8, 4) is 0 Å². The summed E-state index contributed by atoms with van der Waals surface area (Å²) in [6, 6.07) is 0. The molecule has 2 nitrogen and oxygen atoms in total. The van der Waals surface area contributed by atoms with Crippen LogP contribution in [0.5, 0.6) is 0 Å². The first kappa shape index (κ1) is 11.8. The van der Waals surface area contributed by atoms with Gasteiger partial charge in [0.05, 0.1) is 4.75 Å². The lowest BCUT2D eigenvalue weighted by molar-refractivity contribution is 0.650. The van der Waals surface area contributed by atoms with Gasteiger partial charge in [0.2, 0.25) is 0 Å². The molecule has 0 aliphatic carbocycles. The van der Waals surface area contributed by atoms with E-state index in [1.54, 1.807) is 6.21 Å². The highest BCUT2D eigenvalue weighted by atomic mass is 32.2. The van der Waals surface area contributed by atoms with Gasteiger partial charge in [0, 0.05) is 6.21 Å². The van der Waals surface area contributed by atoms with Gasteiger partial charge in [-0.2, -0.15) is 4.40 Å². The Morgan fingerprint density at radius 3 is 2.33 bits per heavy atom. The summed E-state index contributed by atoms with van der Waals surface area (Å²) in [6.07, 6.45) is 2.84. The van der Waals surface area contributed by atoms with Gasteiger partial charge in [-0.1, -0.05) is 13.8 Å². The van der Waals surface area contributed by atoms with Crippen LogP contribution in [0.2, 0.25) is 0 Å². The molecule has 0 saturated heterocycles. The van der Waals surface area contributed by atoms with Crippen LogP contribution >= 0.6 is 0 Å². The Morgan fingerprint density at radius 2 is 2.00 bits per heavy atom. The van der Waals surface area contributed by atoms with E-state index in [1.165, 1.54) is 0 Å². The Morgan fingerprint density at radius 1 is 1.50 bits per heavy atom. The highest BCUT2D eigenvalue weighted by molar-refractivity contribution is 7.85. The Balaban J connectivity index is 4.10. The van der Waals surface area contributed by atoms with Crippen molar-refractivity contribution >= 4 is 17.2 Å². The molecule has 0 rings (SSSR count). The molecule has 0 N–H and O–H groups in total. The van der Waals surface area contributed by atoms with Crippen LogP contribution in [0.15, 0.2) is 4.40 Å². The first-order valence-corrected chi connectivity index (χ1v) is 5.44. The summed E-state index contributed by atoms with van der Waals surface area (Å²) in [5, 5.41) is 0. The van der Waals surface area contributed by atoms with E-state index in [0.29, 0.717) is 5.92 Å². The van der Waals surface area contributed by atoms with Crippen molar-refractivity contribution in [2.45, 2.75) is 45.8 Å². The molecule has 0 amide bonds. The summed E-state index contributed by atoms with van der Waals surface area (Å²) in [4.78, 5) is 0. The summed E-state index contributed by atoms with van der Waals surface area (Å²) >= 11 is 0. The van der Waals surface area contributed by atoms with Gasteiger partial charge in [-0.05, 0) is 33.1 Å². The van der Waals surface area contributed by atoms with Crippen LogP contribution < -0.4 is 0 Å². The van der Waals surface area contributed by atoms with E-state index in [9.17, 15) is 4.21 Å². The molecule has 0 radical (unpaired) electrons. The lowest BCUT2D eigenvalue weighted by Gasteiger charge is -2.13. The van der Waals surface area contributed by atoms with E-state index in [-0.39, 0.29) is 4.75 Å². The highest BCUT2D eigenvalue weighted by Gasteiger charge is 2.18. The van der Waals surface area contributed by atoms with Gasteiger partial charge in [-0.25, -0.2) is 4.21 Å². The van der Waals surface area contributed by atoms with Crippen molar-refractivity contribution in [2.75, 3.05) is 0 Å². The predicted molar refractivity (Wildman–Crippen MR) is 55.8 cm³/mol. The van der Waals surface area contributed by atoms with Gasteiger partial charge in [0.15, 0.2) is 0 Å². The van der Waals surface area contributed by atoms with Crippen molar-refractivity contribution in [1.29, 1.82) is 0 Å². The average molecular weight is 189 g/mol. The van der Waals surface area contributed by atoms with Crippen LogP contribution in [0, 0.1) is 5.92 Å². The van der Waals surface area contributed by atoms with E-state index in [4.69, 9.17) is 0 Å². The third-order valence-electron chi connectivity index (χ3n) is 1.58. The van der Waals surface area contributed by atoms with Gasteiger partial charge in [0.1, 0.15) is 11.0 Å². The molecule has 12 heavy (non-hydrogen) atoms. The second-order valence-electron chi connectivity index (χ2n) is 4.00. The minimum atomic E-state index is -1.09. The molecule has 0 fully saturated rings. The van der Waals surface area contributed by atoms with Crippen LogP contribution in [-0.4, -0.2) is 15.2 Å². The quantitative estimate of drug-likeness (QED) is 0.627. The SMILES string of the molecule is CC[C@@H](C)C=N[S@](=O)C(C)(C)C. The van der Waals surface area contributed by atoms with Crippen molar-refractivity contribution in [3.63, 3.8) is 0 Å². The van der Waals surface area contributed by atoms with Gasteiger partial charge in [-0.15, -0.1) is 0 Å². The molecule has 0 bridgehead atoms. The Bertz CT molecular complexity index is 181. The topological polar surface area (TPSA) is 29.4 Å². The molecule has 72 valence electrons. The van der Waals surface area contributed by atoms with E-state index in [0.717, 1.165) is 6.42 Å².